The van der Waals surface area contributed by atoms with E-state index >= 15 is 0 Å². The van der Waals surface area contributed by atoms with Gasteiger partial charge in [0.1, 0.15) is 10.1 Å². The Hall–Kier alpha value is 0.400. The van der Waals surface area contributed by atoms with Gasteiger partial charge in [-0.25, -0.2) is 9.97 Å². The molecule has 2 aromatic heterocycles. The van der Waals surface area contributed by atoms with E-state index in [0.29, 0.717) is 0 Å². The molecule has 0 N–H and O–H groups in total. The van der Waals surface area contributed by atoms with Crippen LogP contribution in [0.5, 0.6) is 0 Å². The molecular formula is C10H8N2S6. The number of aromatic nitrogens is 2. The van der Waals surface area contributed by atoms with Gasteiger partial charge in [-0.15, -0.1) is 23.3 Å². The molecular weight excluding hydrogens is 341 g/mol. The molecule has 0 aliphatic heterocycles. The van der Waals surface area contributed by atoms with E-state index < -0.39 is 0 Å². The van der Waals surface area contributed by atoms with E-state index in [1.165, 1.54) is 21.6 Å². The predicted molar refractivity (Wildman–Crippen MR) is 89.9 cm³/mol. The molecule has 0 fully saturated rings. The Morgan fingerprint density at radius 3 is 1.61 bits per heavy atom. The SMILES string of the molecule is SSc1cccnc1SSc1ncccc1SS. The summed E-state index contributed by atoms with van der Waals surface area (Å²) < 4.78 is 0. The van der Waals surface area contributed by atoms with Crippen LogP contribution in [0.1, 0.15) is 0 Å². The molecule has 0 aromatic carbocycles. The van der Waals surface area contributed by atoms with Gasteiger partial charge in [0.25, 0.3) is 0 Å². The van der Waals surface area contributed by atoms with E-state index in [1.54, 1.807) is 34.0 Å². The minimum Gasteiger partial charge on any atom is -0.248 e. The van der Waals surface area contributed by atoms with Gasteiger partial charge in [0.2, 0.25) is 0 Å². The van der Waals surface area contributed by atoms with Crippen molar-refractivity contribution in [2.45, 2.75) is 19.8 Å². The van der Waals surface area contributed by atoms with Crippen molar-refractivity contribution in [1.29, 1.82) is 0 Å². The highest BCUT2D eigenvalue weighted by molar-refractivity contribution is 8.77. The first-order valence-corrected chi connectivity index (χ1v) is 10.6. The van der Waals surface area contributed by atoms with Crippen LogP contribution >= 0.6 is 66.5 Å². The molecule has 94 valence electrons. The van der Waals surface area contributed by atoms with Gasteiger partial charge in [0.15, 0.2) is 0 Å². The Balaban J connectivity index is 2.11. The van der Waals surface area contributed by atoms with Crippen LogP contribution in [0.2, 0.25) is 0 Å². The number of nitrogens with zero attached hydrogens (tertiary/aromatic N) is 2. The molecule has 0 radical (unpaired) electrons. The normalized spacial score (nSPS) is 10.6. The van der Waals surface area contributed by atoms with Crippen molar-refractivity contribution in [3.05, 3.63) is 36.7 Å². The van der Waals surface area contributed by atoms with Crippen molar-refractivity contribution in [2.75, 3.05) is 0 Å². The molecule has 2 heterocycles. The van der Waals surface area contributed by atoms with Crippen molar-refractivity contribution in [3.8, 4) is 0 Å². The molecule has 0 saturated heterocycles. The molecule has 0 aliphatic rings. The Morgan fingerprint density at radius 1 is 0.778 bits per heavy atom. The number of hydrogen-bond acceptors (Lipinski definition) is 8. The van der Waals surface area contributed by atoms with Crippen LogP contribution in [0.15, 0.2) is 56.5 Å². The Labute approximate surface area is 132 Å². The van der Waals surface area contributed by atoms with Gasteiger partial charge in [-0.3, -0.25) is 0 Å². The van der Waals surface area contributed by atoms with Gasteiger partial charge in [-0.1, -0.05) is 21.6 Å². The number of rotatable bonds is 5. The van der Waals surface area contributed by atoms with Gasteiger partial charge in [0.05, 0.1) is 9.79 Å². The van der Waals surface area contributed by atoms with Gasteiger partial charge in [-0.2, -0.15) is 0 Å². The van der Waals surface area contributed by atoms with E-state index in [1.807, 2.05) is 24.3 Å². The molecule has 0 aliphatic carbocycles. The van der Waals surface area contributed by atoms with Gasteiger partial charge >= 0.3 is 0 Å². The first-order valence-electron chi connectivity index (χ1n) is 4.72. The molecule has 2 nitrogen and oxygen atoms in total. The molecule has 0 amide bonds. The first-order chi connectivity index (χ1) is 8.85. The van der Waals surface area contributed by atoms with Gasteiger partial charge in [-0.05, 0) is 45.9 Å². The topological polar surface area (TPSA) is 25.8 Å². The summed E-state index contributed by atoms with van der Waals surface area (Å²) in [6.45, 7) is 0. The maximum absolute atomic E-state index is 4.34. The average Bonchev–Trinajstić information content (AvgIpc) is 2.45. The second-order valence-electron chi connectivity index (χ2n) is 2.96. The van der Waals surface area contributed by atoms with Crippen LogP contribution in [0.3, 0.4) is 0 Å². The zero-order valence-corrected chi connectivity index (χ0v) is 13.9. The summed E-state index contributed by atoms with van der Waals surface area (Å²) in [6.07, 6.45) is 3.56. The Bertz CT molecular complexity index is 474. The molecule has 18 heavy (non-hydrogen) atoms. The maximum atomic E-state index is 4.34. The fourth-order valence-corrected chi connectivity index (χ4v) is 5.64. The van der Waals surface area contributed by atoms with Crippen molar-refractivity contribution in [2.24, 2.45) is 0 Å². The number of thiol groups is 2. The Kier molecular flexibility index (Phi) is 6.46. The molecule has 0 spiro atoms. The predicted octanol–water partition coefficient (Wildman–Crippen LogP) is 5.15. The summed E-state index contributed by atoms with van der Waals surface area (Å²) in [5.41, 5.74) is 0. The summed E-state index contributed by atoms with van der Waals surface area (Å²) in [4.78, 5) is 10.8. The average molecular weight is 349 g/mol. The fourth-order valence-electron chi connectivity index (χ4n) is 1.10. The summed E-state index contributed by atoms with van der Waals surface area (Å²) >= 11 is 8.44. The monoisotopic (exact) mass is 348 g/mol. The maximum Gasteiger partial charge on any atom is 0.121 e. The minimum atomic E-state index is 0.947. The smallest absolute Gasteiger partial charge is 0.121 e. The highest BCUT2D eigenvalue weighted by Gasteiger charge is 2.08. The Morgan fingerprint density at radius 2 is 1.22 bits per heavy atom. The van der Waals surface area contributed by atoms with E-state index in [2.05, 4.69) is 33.3 Å². The highest BCUT2D eigenvalue weighted by atomic mass is 33.1. The molecule has 2 rings (SSSR count). The molecule has 0 saturated carbocycles. The number of hydrogen-bond donors (Lipinski definition) is 2. The van der Waals surface area contributed by atoms with E-state index in [0.717, 1.165) is 19.8 Å². The van der Waals surface area contributed by atoms with Crippen molar-refractivity contribution < 1.29 is 0 Å². The third-order valence-electron chi connectivity index (χ3n) is 1.87. The van der Waals surface area contributed by atoms with Crippen LogP contribution in [0.4, 0.5) is 0 Å². The lowest BCUT2D eigenvalue weighted by Crippen LogP contribution is -1.82. The zero-order chi connectivity index (χ0) is 12.8. The summed E-state index contributed by atoms with van der Waals surface area (Å²) in [6, 6.07) is 7.81. The van der Waals surface area contributed by atoms with Gasteiger partial charge < -0.3 is 0 Å². The quantitative estimate of drug-likeness (QED) is 0.573. The van der Waals surface area contributed by atoms with Crippen LogP contribution in [0.25, 0.3) is 0 Å². The largest absolute Gasteiger partial charge is 0.248 e. The van der Waals surface area contributed by atoms with Crippen molar-refractivity contribution in [3.63, 3.8) is 0 Å². The lowest BCUT2D eigenvalue weighted by molar-refractivity contribution is 1.04. The molecule has 0 bridgehead atoms. The third-order valence-corrected chi connectivity index (χ3v) is 6.61. The standard InChI is InChI=1S/C10H8N2S6/c13-15-7-3-1-5-11-9(7)17-18-10-8(16-14)4-2-6-12-10/h1-6,13-14H. The van der Waals surface area contributed by atoms with E-state index in [-0.39, 0.29) is 0 Å². The van der Waals surface area contributed by atoms with Crippen LogP contribution in [-0.4, -0.2) is 9.97 Å². The third kappa shape index (κ3) is 3.94. The summed E-state index contributed by atoms with van der Waals surface area (Å²) in [7, 11) is 5.96. The van der Waals surface area contributed by atoms with Crippen molar-refractivity contribution in [1.82, 2.24) is 9.97 Å². The molecule has 0 atom stereocenters. The molecule has 8 heteroatoms. The van der Waals surface area contributed by atoms with Crippen molar-refractivity contribution >= 4 is 66.5 Å². The second-order valence-corrected chi connectivity index (χ2v) is 7.41. The van der Waals surface area contributed by atoms with Gasteiger partial charge in [0, 0.05) is 12.4 Å². The molecule has 0 unspecified atom stereocenters. The zero-order valence-electron chi connectivity index (χ0n) is 8.89. The minimum absolute atomic E-state index is 0.947. The highest BCUT2D eigenvalue weighted by Crippen LogP contribution is 2.43. The number of pyridine rings is 2. The summed E-state index contributed by atoms with van der Waals surface area (Å²) in [5.74, 6) is 0. The lowest BCUT2D eigenvalue weighted by atomic mass is 10.5. The first kappa shape index (κ1) is 14.8. The molecule has 2 aromatic rings. The lowest BCUT2D eigenvalue weighted by Gasteiger charge is -2.05. The van der Waals surface area contributed by atoms with E-state index in [4.69, 9.17) is 0 Å². The van der Waals surface area contributed by atoms with E-state index in [9.17, 15) is 0 Å². The second kappa shape index (κ2) is 7.86. The summed E-state index contributed by atoms with van der Waals surface area (Å²) in [5, 5.41) is 1.89. The van der Waals surface area contributed by atoms with Crippen LogP contribution in [-0.2, 0) is 0 Å². The van der Waals surface area contributed by atoms with Crippen LogP contribution < -0.4 is 0 Å². The van der Waals surface area contributed by atoms with Crippen LogP contribution in [0, 0.1) is 0 Å². The fraction of sp³-hybridized carbons (Fsp3) is 0.